The molecular weight excluding hydrogens is 150 g/mol. The largest absolute Gasteiger partial charge is 0.300 e. The Morgan fingerprint density at radius 1 is 1.42 bits per heavy atom. The molecule has 0 aromatic heterocycles. The third-order valence-corrected chi connectivity index (χ3v) is 2.55. The van der Waals surface area contributed by atoms with Crippen molar-refractivity contribution in [1.29, 1.82) is 0 Å². The number of hydrogen-bond acceptors (Lipinski definition) is 2. The molecule has 0 radical (unpaired) electrons. The number of likely N-dealkylation sites (tertiary alicyclic amines) is 1. The molecule has 1 unspecified atom stereocenters. The molecular formula is C10H19NO. The van der Waals surface area contributed by atoms with E-state index in [0.717, 1.165) is 19.4 Å². The molecule has 70 valence electrons. The average molecular weight is 169 g/mol. The van der Waals surface area contributed by atoms with E-state index in [1.54, 1.807) is 0 Å². The van der Waals surface area contributed by atoms with Gasteiger partial charge in [0.15, 0.2) is 0 Å². The molecule has 0 spiro atoms. The summed E-state index contributed by atoms with van der Waals surface area (Å²) >= 11 is 0. The Labute approximate surface area is 74.9 Å². The number of rotatable bonds is 0. The van der Waals surface area contributed by atoms with Crippen LogP contribution in [0.3, 0.4) is 0 Å². The molecule has 0 bridgehead atoms. The fourth-order valence-corrected chi connectivity index (χ4v) is 2.00. The van der Waals surface area contributed by atoms with Gasteiger partial charge < -0.3 is 0 Å². The molecule has 0 aromatic carbocycles. The molecule has 1 aliphatic rings. The van der Waals surface area contributed by atoms with Crippen molar-refractivity contribution in [3.05, 3.63) is 0 Å². The van der Waals surface area contributed by atoms with E-state index in [2.05, 4.69) is 32.6 Å². The molecule has 0 aliphatic carbocycles. The van der Waals surface area contributed by atoms with Crippen LogP contribution in [0.4, 0.5) is 0 Å². The number of carbonyl (C=O) groups is 1. The maximum absolute atomic E-state index is 11.1. The van der Waals surface area contributed by atoms with Crippen molar-refractivity contribution in [1.82, 2.24) is 4.90 Å². The quantitative estimate of drug-likeness (QED) is 0.551. The van der Waals surface area contributed by atoms with Gasteiger partial charge in [-0.3, -0.25) is 9.69 Å². The van der Waals surface area contributed by atoms with Gasteiger partial charge in [-0.1, -0.05) is 0 Å². The Hall–Kier alpha value is -0.370. The van der Waals surface area contributed by atoms with Crippen LogP contribution in [0.25, 0.3) is 0 Å². The molecule has 0 saturated carbocycles. The zero-order valence-electron chi connectivity index (χ0n) is 8.55. The highest BCUT2D eigenvalue weighted by Crippen LogP contribution is 2.23. The van der Waals surface area contributed by atoms with Crippen molar-refractivity contribution in [2.24, 2.45) is 0 Å². The number of Topliss-reactive ketones (excluding diaryl/α,β-unsaturated/α-hetero) is 1. The van der Waals surface area contributed by atoms with Crippen LogP contribution in [0.15, 0.2) is 0 Å². The summed E-state index contributed by atoms with van der Waals surface area (Å²) in [4.78, 5) is 13.5. The van der Waals surface area contributed by atoms with E-state index < -0.39 is 0 Å². The van der Waals surface area contributed by atoms with Gasteiger partial charge in [-0.2, -0.15) is 0 Å². The number of carbonyl (C=O) groups excluding carboxylic acids is 1. The van der Waals surface area contributed by atoms with E-state index in [9.17, 15) is 4.79 Å². The van der Waals surface area contributed by atoms with E-state index in [1.807, 2.05) is 0 Å². The second-order valence-electron chi connectivity index (χ2n) is 4.71. The first kappa shape index (κ1) is 9.72. The van der Waals surface area contributed by atoms with Crippen molar-refractivity contribution in [2.75, 3.05) is 6.54 Å². The summed E-state index contributed by atoms with van der Waals surface area (Å²) in [5, 5.41) is 0. The van der Waals surface area contributed by atoms with E-state index in [0.29, 0.717) is 11.8 Å². The van der Waals surface area contributed by atoms with Gasteiger partial charge in [0.1, 0.15) is 5.78 Å². The lowest BCUT2D eigenvalue weighted by Gasteiger charge is -2.42. The smallest absolute Gasteiger partial charge is 0.135 e. The fourth-order valence-electron chi connectivity index (χ4n) is 2.00. The Morgan fingerprint density at radius 3 is 2.42 bits per heavy atom. The maximum atomic E-state index is 11.1. The van der Waals surface area contributed by atoms with Gasteiger partial charge in [0.05, 0.1) is 0 Å². The lowest BCUT2D eigenvalue weighted by molar-refractivity contribution is -0.124. The molecule has 2 heteroatoms. The summed E-state index contributed by atoms with van der Waals surface area (Å²) in [6, 6.07) is 0.422. The number of hydrogen-bond donors (Lipinski definition) is 0. The molecule has 1 atom stereocenters. The first-order valence-electron chi connectivity index (χ1n) is 4.69. The van der Waals surface area contributed by atoms with Gasteiger partial charge in [-0.05, 0) is 27.7 Å². The Kier molecular flexibility index (Phi) is 2.57. The number of piperidine rings is 1. The predicted molar refractivity (Wildman–Crippen MR) is 50.2 cm³/mol. The molecule has 1 saturated heterocycles. The summed E-state index contributed by atoms with van der Waals surface area (Å²) in [6.07, 6.45) is 1.47. The Balaban J connectivity index is 2.62. The minimum absolute atomic E-state index is 0.208. The van der Waals surface area contributed by atoms with Crippen LogP contribution in [0.5, 0.6) is 0 Å². The van der Waals surface area contributed by atoms with Crippen molar-refractivity contribution < 1.29 is 4.79 Å². The monoisotopic (exact) mass is 169 g/mol. The van der Waals surface area contributed by atoms with Crippen LogP contribution in [0.2, 0.25) is 0 Å². The van der Waals surface area contributed by atoms with E-state index >= 15 is 0 Å². The third kappa shape index (κ3) is 2.07. The SMILES string of the molecule is CC1CC(=O)CCN1C(C)(C)C. The minimum Gasteiger partial charge on any atom is -0.300 e. The minimum atomic E-state index is 0.208. The fraction of sp³-hybridized carbons (Fsp3) is 0.900. The highest BCUT2D eigenvalue weighted by atomic mass is 16.1. The Morgan fingerprint density at radius 2 is 2.00 bits per heavy atom. The first-order chi connectivity index (χ1) is 5.41. The highest BCUT2D eigenvalue weighted by Gasteiger charge is 2.30. The van der Waals surface area contributed by atoms with Crippen LogP contribution >= 0.6 is 0 Å². The molecule has 0 aromatic rings. The maximum Gasteiger partial charge on any atom is 0.135 e. The lowest BCUT2D eigenvalue weighted by atomic mass is 9.95. The summed E-state index contributed by atoms with van der Waals surface area (Å²) in [5.74, 6) is 0.419. The molecule has 12 heavy (non-hydrogen) atoms. The second-order valence-corrected chi connectivity index (χ2v) is 4.71. The summed E-state index contributed by atoms with van der Waals surface area (Å²) in [5.41, 5.74) is 0.208. The molecule has 1 aliphatic heterocycles. The number of ketones is 1. The normalized spacial score (nSPS) is 27.7. The summed E-state index contributed by atoms with van der Waals surface area (Å²) in [7, 11) is 0. The van der Waals surface area contributed by atoms with Gasteiger partial charge >= 0.3 is 0 Å². The zero-order valence-corrected chi connectivity index (χ0v) is 8.55. The van der Waals surface area contributed by atoms with Crippen molar-refractivity contribution in [3.8, 4) is 0 Å². The van der Waals surface area contributed by atoms with Gasteiger partial charge in [-0.15, -0.1) is 0 Å². The number of nitrogens with zero attached hydrogens (tertiary/aromatic N) is 1. The highest BCUT2D eigenvalue weighted by molar-refractivity contribution is 5.79. The van der Waals surface area contributed by atoms with Gasteiger partial charge in [0.2, 0.25) is 0 Å². The summed E-state index contributed by atoms with van der Waals surface area (Å²) < 4.78 is 0. The van der Waals surface area contributed by atoms with E-state index in [1.165, 1.54) is 0 Å². The van der Waals surface area contributed by atoms with Crippen molar-refractivity contribution >= 4 is 5.78 Å². The average Bonchev–Trinajstić information content (AvgIpc) is 1.83. The molecule has 1 heterocycles. The molecule has 1 fully saturated rings. The van der Waals surface area contributed by atoms with Gasteiger partial charge in [0, 0.05) is 31.0 Å². The topological polar surface area (TPSA) is 20.3 Å². The Bertz CT molecular complexity index is 181. The van der Waals surface area contributed by atoms with Crippen molar-refractivity contribution in [3.63, 3.8) is 0 Å². The van der Waals surface area contributed by atoms with Crippen LogP contribution in [-0.2, 0) is 4.79 Å². The molecule has 2 nitrogen and oxygen atoms in total. The van der Waals surface area contributed by atoms with Gasteiger partial charge in [0.25, 0.3) is 0 Å². The zero-order chi connectivity index (χ0) is 9.35. The van der Waals surface area contributed by atoms with Crippen LogP contribution in [0.1, 0.15) is 40.5 Å². The molecule has 0 amide bonds. The lowest BCUT2D eigenvalue weighted by Crippen LogP contribution is -2.51. The summed E-state index contributed by atoms with van der Waals surface area (Å²) in [6.45, 7) is 9.70. The van der Waals surface area contributed by atoms with Gasteiger partial charge in [-0.25, -0.2) is 0 Å². The predicted octanol–water partition coefficient (Wildman–Crippen LogP) is 1.84. The molecule has 1 rings (SSSR count). The molecule has 0 N–H and O–H groups in total. The second kappa shape index (κ2) is 3.17. The van der Waals surface area contributed by atoms with Crippen LogP contribution < -0.4 is 0 Å². The van der Waals surface area contributed by atoms with E-state index in [-0.39, 0.29) is 5.54 Å². The third-order valence-electron chi connectivity index (χ3n) is 2.55. The van der Waals surface area contributed by atoms with Crippen LogP contribution in [0, 0.1) is 0 Å². The van der Waals surface area contributed by atoms with Crippen LogP contribution in [-0.4, -0.2) is 28.8 Å². The first-order valence-corrected chi connectivity index (χ1v) is 4.69. The van der Waals surface area contributed by atoms with Crippen molar-refractivity contribution in [2.45, 2.75) is 52.1 Å². The standard InChI is InChI=1S/C10H19NO/c1-8-7-9(12)5-6-11(8)10(2,3)4/h8H,5-7H2,1-4H3. The van der Waals surface area contributed by atoms with E-state index in [4.69, 9.17) is 0 Å².